The van der Waals surface area contributed by atoms with Crippen LogP contribution in [-0.2, 0) is 9.53 Å². The Morgan fingerprint density at radius 3 is 2.54 bits per heavy atom. The second-order valence-corrected chi connectivity index (χ2v) is 3.52. The zero-order valence-corrected chi connectivity index (χ0v) is 7.95. The van der Waals surface area contributed by atoms with Gasteiger partial charge in [0.05, 0.1) is 5.60 Å². The van der Waals surface area contributed by atoms with E-state index in [2.05, 4.69) is 0 Å². The molecule has 0 aromatic rings. The molecule has 0 amide bonds. The van der Waals surface area contributed by atoms with Gasteiger partial charge >= 0.3 is 5.97 Å². The van der Waals surface area contributed by atoms with Gasteiger partial charge in [0.1, 0.15) is 6.04 Å². The van der Waals surface area contributed by atoms with Crippen LogP contribution in [-0.4, -0.2) is 29.3 Å². The van der Waals surface area contributed by atoms with Crippen molar-refractivity contribution in [1.29, 1.82) is 0 Å². The van der Waals surface area contributed by atoms with E-state index in [4.69, 9.17) is 15.6 Å². The Labute approximate surface area is 78.1 Å². The van der Waals surface area contributed by atoms with Crippen LogP contribution in [0.15, 0.2) is 0 Å². The Morgan fingerprint density at radius 2 is 2.15 bits per heavy atom. The molecule has 1 aliphatic carbocycles. The van der Waals surface area contributed by atoms with Crippen LogP contribution >= 0.6 is 0 Å². The fourth-order valence-corrected chi connectivity index (χ4v) is 2.03. The molecule has 13 heavy (non-hydrogen) atoms. The second kappa shape index (κ2) is 4.07. The van der Waals surface area contributed by atoms with Gasteiger partial charge in [-0.3, -0.25) is 4.79 Å². The van der Waals surface area contributed by atoms with Gasteiger partial charge in [0.15, 0.2) is 0 Å². The van der Waals surface area contributed by atoms with Gasteiger partial charge in [-0.1, -0.05) is 12.8 Å². The van der Waals surface area contributed by atoms with Crippen molar-refractivity contribution >= 4 is 5.97 Å². The van der Waals surface area contributed by atoms with Gasteiger partial charge in [-0.15, -0.1) is 0 Å². The van der Waals surface area contributed by atoms with Crippen LogP contribution < -0.4 is 5.73 Å². The summed E-state index contributed by atoms with van der Waals surface area (Å²) in [5.41, 5.74) is 5.02. The number of rotatable bonds is 4. The molecule has 0 radical (unpaired) electrons. The largest absolute Gasteiger partial charge is 0.480 e. The third kappa shape index (κ3) is 2.00. The molecule has 1 aliphatic rings. The predicted octanol–water partition coefficient (Wildman–Crippen LogP) is 0.748. The minimum Gasteiger partial charge on any atom is -0.480 e. The minimum absolute atomic E-state index is 0.529. The molecule has 0 bridgehead atoms. The summed E-state index contributed by atoms with van der Waals surface area (Å²) in [5.74, 6) is -0.963. The maximum Gasteiger partial charge on any atom is 0.323 e. The predicted molar refractivity (Wildman–Crippen MR) is 48.4 cm³/mol. The Kier molecular flexibility index (Phi) is 3.27. The average molecular weight is 187 g/mol. The molecule has 1 fully saturated rings. The zero-order chi connectivity index (χ0) is 9.90. The Hall–Kier alpha value is -0.610. The summed E-state index contributed by atoms with van der Waals surface area (Å²) in [5, 5.41) is 8.83. The first-order valence-corrected chi connectivity index (χ1v) is 4.75. The summed E-state index contributed by atoms with van der Waals surface area (Å²) in [7, 11) is 0. The van der Waals surface area contributed by atoms with Crippen molar-refractivity contribution < 1.29 is 14.6 Å². The molecule has 1 atom stereocenters. The fraction of sp³-hybridized carbons (Fsp3) is 0.889. The highest BCUT2D eigenvalue weighted by Gasteiger charge is 2.43. The molecular formula is C9H17NO3. The average Bonchev–Trinajstić information content (AvgIpc) is 2.53. The number of hydrogen-bond acceptors (Lipinski definition) is 3. The summed E-state index contributed by atoms with van der Waals surface area (Å²) >= 11 is 0. The first-order valence-electron chi connectivity index (χ1n) is 4.75. The van der Waals surface area contributed by atoms with Gasteiger partial charge in [-0.2, -0.15) is 0 Å². The van der Waals surface area contributed by atoms with Crippen LogP contribution in [0, 0.1) is 0 Å². The van der Waals surface area contributed by atoms with Crippen molar-refractivity contribution in [3.05, 3.63) is 0 Å². The fourth-order valence-electron chi connectivity index (χ4n) is 2.03. The number of carboxylic acids is 1. The molecule has 0 saturated heterocycles. The van der Waals surface area contributed by atoms with Crippen LogP contribution in [0.3, 0.4) is 0 Å². The van der Waals surface area contributed by atoms with Gasteiger partial charge in [-0.25, -0.2) is 0 Å². The van der Waals surface area contributed by atoms with E-state index >= 15 is 0 Å². The normalized spacial score (nSPS) is 22.9. The lowest BCUT2D eigenvalue weighted by Gasteiger charge is -2.32. The molecule has 4 heteroatoms. The van der Waals surface area contributed by atoms with E-state index in [1.807, 2.05) is 6.92 Å². The van der Waals surface area contributed by atoms with Crippen LogP contribution in [0.2, 0.25) is 0 Å². The molecule has 0 spiro atoms. The van der Waals surface area contributed by atoms with Gasteiger partial charge < -0.3 is 15.6 Å². The molecule has 1 saturated carbocycles. The molecule has 0 aliphatic heterocycles. The Bertz CT molecular complexity index is 187. The minimum atomic E-state index is -0.963. The molecule has 0 aromatic heterocycles. The third-order valence-corrected chi connectivity index (χ3v) is 2.71. The van der Waals surface area contributed by atoms with Gasteiger partial charge in [0, 0.05) is 6.61 Å². The summed E-state index contributed by atoms with van der Waals surface area (Å²) in [6.07, 6.45) is 3.57. The third-order valence-electron chi connectivity index (χ3n) is 2.71. The molecule has 1 rings (SSSR count). The summed E-state index contributed by atoms with van der Waals surface area (Å²) in [6, 6.07) is -0.880. The van der Waals surface area contributed by atoms with E-state index in [9.17, 15) is 4.79 Å². The first-order chi connectivity index (χ1) is 6.12. The van der Waals surface area contributed by atoms with Crippen molar-refractivity contribution in [1.82, 2.24) is 0 Å². The molecule has 3 N–H and O–H groups in total. The molecule has 76 valence electrons. The summed E-state index contributed by atoms with van der Waals surface area (Å²) in [4.78, 5) is 10.8. The highest BCUT2D eigenvalue weighted by Crippen LogP contribution is 2.35. The lowest BCUT2D eigenvalue weighted by molar-refractivity contribution is -0.148. The highest BCUT2D eigenvalue weighted by atomic mass is 16.5. The van der Waals surface area contributed by atoms with Crippen molar-refractivity contribution in [2.24, 2.45) is 5.73 Å². The van der Waals surface area contributed by atoms with Crippen molar-refractivity contribution in [2.75, 3.05) is 6.61 Å². The van der Waals surface area contributed by atoms with E-state index in [1.165, 1.54) is 0 Å². The van der Waals surface area contributed by atoms with Gasteiger partial charge in [0.25, 0.3) is 0 Å². The summed E-state index contributed by atoms with van der Waals surface area (Å²) in [6.45, 7) is 2.40. The van der Waals surface area contributed by atoms with Crippen LogP contribution in [0.4, 0.5) is 0 Å². The van der Waals surface area contributed by atoms with Crippen molar-refractivity contribution in [3.8, 4) is 0 Å². The number of aliphatic carboxylic acids is 1. The van der Waals surface area contributed by atoms with Crippen LogP contribution in [0.25, 0.3) is 0 Å². The van der Waals surface area contributed by atoms with Crippen molar-refractivity contribution in [2.45, 2.75) is 44.2 Å². The highest BCUT2D eigenvalue weighted by molar-refractivity contribution is 5.75. The van der Waals surface area contributed by atoms with E-state index in [1.54, 1.807) is 0 Å². The van der Waals surface area contributed by atoms with E-state index < -0.39 is 17.6 Å². The molecular weight excluding hydrogens is 170 g/mol. The van der Waals surface area contributed by atoms with Gasteiger partial charge in [-0.05, 0) is 19.8 Å². The second-order valence-electron chi connectivity index (χ2n) is 3.52. The molecule has 4 nitrogen and oxygen atoms in total. The maximum atomic E-state index is 10.8. The quantitative estimate of drug-likeness (QED) is 0.681. The number of hydrogen-bond donors (Lipinski definition) is 2. The first kappa shape index (κ1) is 10.5. The van der Waals surface area contributed by atoms with E-state index in [0.717, 1.165) is 25.7 Å². The number of ether oxygens (including phenoxy) is 1. The smallest absolute Gasteiger partial charge is 0.323 e. The van der Waals surface area contributed by atoms with Gasteiger partial charge in [0.2, 0.25) is 0 Å². The van der Waals surface area contributed by atoms with E-state index in [-0.39, 0.29) is 0 Å². The molecule has 1 unspecified atom stereocenters. The SMILES string of the molecule is CCOC1(C(N)C(=O)O)CCCC1. The lowest BCUT2D eigenvalue weighted by Crippen LogP contribution is -2.52. The summed E-state index contributed by atoms with van der Waals surface area (Å²) < 4.78 is 5.51. The van der Waals surface area contributed by atoms with E-state index in [0.29, 0.717) is 6.61 Å². The zero-order valence-electron chi connectivity index (χ0n) is 7.95. The molecule has 0 aromatic carbocycles. The Morgan fingerprint density at radius 1 is 1.62 bits per heavy atom. The van der Waals surface area contributed by atoms with Crippen molar-refractivity contribution in [3.63, 3.8) is 0 Å². The number of carboxylic acid groups (broad SMARTS) is 1. The number of carbonyl (C=O) groups is 1. The number of nitrogens with two attached hydrogens (primary N) is 1. The monoisotopic (exact) mass is 187 g/mol. The molecule has 0 heterocycles. The Balaban J connectivity index is 2.71. The topological polar surface area (TPSA) is 72.5 Å². The van der Waals surface area contributed by atoms with Crippen LogP contribution in [0.5, 0.6) is 0 Å². The maximum absolute atomic E-state index is 10.8. The lowest BCUT2D eigenvalue weighted by atomic mass is 9.92. The standard InChI is InChI=1S/C9H17NO3/c1-2-13-9(5-3-4-6-9)7(10)8(11)12/h7H,2-6,10H2,1H3,(H,11,12). The van der Waals surface area contributed by atoms with Crippen LogP contribution in [0.1, 0.15) is 32.6 Å².